The van der Waals surface area contributed by atoms with Crippen molar-refractivity contribution in [2.75, 3.05) is 10.8 Å². The first kappa shape index (κ1) is 18.0. The molecule has 10 heteroatoms. The molecule has 0 aliphatic carbocycles. The van der Waals surface area contributed by atoms with Gasteiger partial charge in [0.1, 0.15) is 0 Å². The van der Waals surface area contributed by atoms with E-state index in [0.29, 0.717) is 11.0 Å². The van der Waals surface area contributed by atoms with E-state index in [-0.39, 0.29) is 27.2 Å². The second-order valence-electron chi connectivity index (χ2n) is 4.87. The minimum absolute atomic E-state index is 0.00439. The van der Waals surface area contributed by atoms with Gasteiger partial charge in [-0.25, -0.2) is 23.2 Å². The van der Waals surface area contributed by atoms with Crippen LogP contribution in [0.15, 0.2) is 33.9 Å². The van der Waals surface area contributed by atoms with Gasteiger partial charge in [-0.05, 0) is 19.1 Å². The van der Waals surface area contributed by atoms with Gasteiger partial charge < -0.3 is 10.1 Å². The van der Waals surface area contributed by atoms with Crippen molar-refractivity contribution in [3.63, 3.8) is 0 Å². The molecule has 128 valence electrons. The average Bonchev–Trinajstić information content (AvgIpc) is 2.93. The number of carboxylic acid groups (broad SMARTS) is 1. The molecular weight excluding hydrogens is 356 g/mol. The highest BCUT2D eigenvalue weighted by atomic mass is 35.5. The minimum atomic E-state index is -3.49. The van der Waals surface area contributed by atoms with Crippen molar-refractivity contribution in [1.82, 2.24) is 9.97 Å². The zero-order valence-corrected chi connectivity index (χ0v) is 14.5. The molecule has 0 amide bonds. The summed E-state index contributed by atoms with van der Waals surface area (Å²) < 4.78 is 24.1. The third kappa shape index (κ3) is 3.41. The Morgan fingerprint density at radius 3 is 2.75 bits per heavy atom. The van der Waals surface area contributed by atoms with Crippen LogP contribution in [0.3, 0.4) is 0 Å². The van der Waals surface area contributed by atoms with Crippen molar-refractivity contribution in [2.45, 2.75) is 18.7 Å². The third-order valence-electron chi connectivity index (χ3n) is 3.26. The van der Waals surface area contributed by atoms with E-state index in [1.807, 2.05) is 0 Å². The number of aromatic nitrogens is 2. The van der Waals surface area contributed by atoms with Gasteiger partial charge >= 0.3 is 5.97 Å². The highest BCUT2D eigenvalue weighted by Crippen LogP contribution is 2.29. The first-order valence-electron chi connectivity index (χ1n) is 6.79. The molecule has 8 nitrogen and oxygen atoms in total. The molecule has 0 aliphatic heterocycles. The quantitative estimate of drug-likeness (QED) is 0.458. The maximum atomic E-state index is 12.1. The van der Waals surface area contributed by atoms with Crippen molar-refractivity contribution in [1.29, 1.82) is 0 Å². The number of nitrogens with zero attached hydrogens (tertiary/aromatic N) is 3. The molecule has 2 N–H and O–H groups in total. The van der Waals surface area contributed by atoms with E-state index in [0.717, 1.165) is 5.01 Å². The summed E-state index contributed by atoms with van der Waals surface area (Å²) in [5.74, 6) is -1.01. The number of sulfone groups is 1. The fraction of sp³-hybridized carbons (Fsp3) is 0.214. The summed E-state index contributed by atoms with van der Waals surface area (Å²) in [6, 6.07) is 2.82. The van der Waals surface area contributed by atoms with Crippen molar-refractivity contribution >= 4 is 51.1 Å². The number of hydrazone groups is 1. The number of carboxylic acids is 1. The van der Waals surface area contributed by atoms with Crippen LogP contribution in [0.25, 0.3) is 11.0 Å². The monoisotopic (exact) mass is 370 g/mol. The summed E-state index contributed by atoms with van der Waals surface area (Å²) in [5.41, 5.74) is 0.867. The van der Waals surface area contributed by atoms with Crippen molar-refractivity contribution in [2.24, 2.45) is 5.10 Å². The Morgan fingerprint density at radius 1 is 1.54 bits per heavy atom. The lowest BCUT2D eigenvalue weighted by Crippen LogP contribution is -2.11. The number of halogens is 1. The Balaban J connectivity index is 2.57. The summed E-state index contributed by atoms with van der Waals surface area (Å²) in [6.45, 7) is 6.28. The number of aromatic amines is 1. The van der Waals surface area contributed by atoms with Crippen molar-refractivity contribution < 1.29 is 18.3 Å². The molecule has 1 aromatic heterocycles. The van der Waals surface area contributed by atoms with E-state index in [4.69, 9.17) is 16.7 Å². The standard InChI is InChI=1S/C14H15ClN4O4S/c1-4-24(22,23)12-6-11-10(5-9(12)15)17-14(18-11)19(16-3)7-8(2)13(20)21/h5-7H,3-4H2,1-2H3,(H,17,18)(H,20,21)/b8-7+. The summed E-state index contributed by atoms with van der Waals surface area (Å²) in [7, 11) is -3.49. The Morgan fingerprint density at radius 2 is 2.21 bits per heavy atom. The molecule has 1 aromatic carbocycles. The molecule has 0 fully saturated rings. The number of hydrogen-bond donors (Lipinski definition) is 2. The first-order valence-corrected chi connectivity index (χ1v) is 8.82. The number of hydrogen-bond acceptors (Lipinski definition) is 6. The highest BCUT2D eigenvalue weighted by Gasteiger charge is 2.19. The van der Waals surface area contributed by atoms with Crippen LogP contribution in [0.4, 0.5) is 5.95 Å². The molecule has 0 aliphatic rings. The fourth-order valence-electron chi connectivity index (χ4n) is 1.91. The van der Waals surface area contributed by atoms with Gasteiger partial charge in [0.15, 0.2) is 9.84 Å². The molecule has 2 rings (SSSR count). The van der Waals surface area contributed by atoms with E-state index in [9.17, 15) is 13.2 Å². The van der Waals surface area contributed by atoms with Crippen LogP contribution in [-0.4, -0.2) is 41.9 Å². The van der Waals surface area contributed by atoms with E-state index in [1.165, 1.54) is 32.2 Å². The molecule has 0 atom stereocenters. The van der Waals surface area contributed by atoms with Gasteiger partial charge in [-0.15, -0.1) is 0 Å². The molecule has 0 spiro atoms. The zero-order valence-electron chi connectivity index (χ0n) is 12.9. The Bertz CT molecular complexity index is 949. The molecule has 0 saturated heterocycles. The largest absolute Gasteiger partial charge is 0.478 e. The lowest BCUT2D eigenvalue weighted by atomic mass is 10.3. The number of rotatable bonds is 6. The number of benzene rings is 1. The van der Waals surface area contributed by atoms with Crippen LogP contribution in [0.2, 0.25) is 5.02 Å². The predicted molar refractivity (Wildman–Crippen MR) is 92.3 cm³/mol. The van der Waals surface area contributed by atoms with Gasteiger partial charge in [0.05, 0.1) is 32.3 Å². The second-order valence-corrected chi connectivity index (χ2v) is 7.52. The van der Waals surface area contributed by atoms with Gasteiger partial charge in [0, 0.05) is 12.9 Å². The zero-order chi connectivity index (χ0) is 18.1. The third-order valence-corrected chi connectivity index (χ3v) is 5.45. The molecular formula is C14H15ClN4O4S. The van der Waals surface area contributed by atoms with Gasteiger partial charge in [-0.1, -0.05) is 18.5 Å². The topological polar surface area (TPSA) is 116 Å². The van der Waals surface area contributed by atoms with Gasteiger partial charge in [-0.2, -0.15) is 5.10 Å². The van der Waals surface area contributed by atoms with E-state index in [1.54, 1.807) is 0 Å². The van der Waals surface area contributed by atoms with Crippen LogP contribution in [-0.2, 0) is 14.6 Å². The Hall–Kier alpha value is -2.39. The molecule has 0 radical (unpaired) electrons. The molecule has 0 unspecified atom stereocenters. The highest BCUT2D eigenvalue weighted by molar-refractivity contribution is 7.91. The van der Waals surface area contributed by atoms with Gasteiger partial charge in [-0.3, -0.25) is 0 Å². The van der Waals surface area contributed by atoms with E-state index < -0.39 is 15.8 Å². The number of carbonyl (C=O) groups is 1. The summed E-state index contributed by atoms with van der Waals surface area (Å²) in [4.78, 5) is 18.0. The smallest absolute Gasteiger partial charge is 0.332 e. The Labute approximate surface area is 143 Å². The van der Waals surface area contributed by atoms with E-state index >= 15 is 0 Å². The molecule has 0 saturated carbocycles. The number of H-pyrrole nitrogens is 1. The molecule has 24 heavy (non-hydrogen) atoms. The lowest BCUT2D eigenvalue weighted by Gasteiger charge is -2.09. The van der Waals surface area contributed by atoms with Crippen LogP contribution in [0, 0.1) is 0 Å². The number of imidazole rings is 1. The van der Waals surface area contributed by atoms with Crippen LogP contribution in [0.1, 0.15) is 13.8 Å². The van der Waals surface area contributed by atoms with Crippen molar-refractivity contribution in [3.8, 4) is 0 Å². The molecule has 2 aromatic rings. The molecule has 0 bridgehead atoms. The summed E-state index contributed by atoms with van der Waals surface area (Å²) in [5, 5.41) is 13.8. The number of anilines is 1. The normalized spacial score (nSPS) is 12.4. The summed E-state index contributed by atoms with van der Waals surface area (Å²) in [6.07, 6.45) is 1.23. The Kier molecular flexibility index (Phi) is 4.95. The van der Waals surface area contributed by atoms with Crippen LogP contribution < -0.4 is 5.01 Å². The van der Waals surface area contributed by atoms with Crippen LogP contribution >= 0.6 is 11.6 Å². The van der Waals surface area contributed by atoms with Gasteiger partial charge in [0.25, 0.3) is 0 Å². The average molecular weight is 371 g/mol. The molecule has 1 heterocycles. The SMILES string of the molecule is C=NN(/C=C(\C)C(=O)O)c1nc2cc(Cl)c(S(=O)(=O)CC)cc2[nH]1. The number of nitrogens with one attached hydrogen (secondary N) is 1. The van der Waals surface area contributed by atoms with Gasteiger partial charge in [0.2, 0.25) is 5.95 Å². The summed E-state index contributed by atoms with van der Waals surface area (Å²) >= 11 is 6.04. The number of aliphatic carboxylic acids is 1. The second kappa shape index (κ2) is 6.62. The lowest BCUT2D eigenvalue weighted by molar-refractivity contribution is -0.132. The predicted octanol–water partition coefficient (Wildman–Crippen LogP) is 2.42. The van der Waals surface area contributed by atoms with E-state index in [2.05, 4.69) is 21.8 Å². The maximum absolute atomic E-state index is 12.1. The van der Waals surface area contributed by atoms with Crippen molar-refractivity contribution in [3.05, 3.63) is 28.9 Å². The first-order chi connectivity index (χ1) is 11.2. The van der Waals surface area contributed by atoms with Crippen LogP contribution in [0.5, 0.6) is 0 Å². The minimum Gasteiger partial charge on any atom is -0.478 e. The number of fused-ring (bicyclic) bond motifs is 1. The fourth-order valence-corrected chi connectivity index (χ4v) is 3.38. The maximum Gasteiger partial charge on any atom is 0.332 e.